The van der Waals surface area contributed by atoms with E-state index in [-0.39, 0.29) is 6.61 Å². The Balaban J connectivity index is 2.44. The van der Waals surface area contributed by atoms with E-state index in [0.717, 1.165) is 0 Å². The minimum Gasteiger partial charge on any atom is -0.387 e. The summed E-state index contributed by atoms with van der Waals surface area (Å²) in [5.41, 5.74) is 0.399. The molecule has 0 unspecified atom stereocenters. The summed E-state index contributed by atoms with van der Waals surface area (Å²) in [6.07, 6.45) is -2.01. The van der Waals surface area contributed by atoms with E-state index in [1.54, 1.807) is 18.2 Å². The summed E-state index contributed by atoms with van der Waals surface area (Å²) in [5, 5.41) is 8.18. The molecule has 1 aromatic rings. The van der Waals surface area contributed by atoms with Gasteiger partial charge in [0, 0.05) is 6.20 Å². The van der Waals surface area contributed by atoms with Crippen molar-refractivity contribution in [2.45, 2.75) is 12.7 Å². The van der Waals surface area contributed by atoms with Gasteiger partial charge in [-0.3, -0.25) is 4.98 Å². The van der Waals surface area contributed by atoms with Crippen molar-refractivity contribution in [3.8, 4) is 0 Å². The number of aliphatic hydroxyl groups excluding tert-OH is 1. The highest BCUT2D eigenvalue weighted by Gasteiger charge is 2.28. The van der Waals surface area contributed by atoms with Crippen molar-refractivity contribution < 1.29 is 18.6 Å². The molecule has 0 saturated heterocycles. The molecule has 0 spiro atoms. The number of nitrogens with zero attached hydrogens (tertiary/aromatic N) is 1. The van der Waals surface area contributed by atoms with Gasteiger partial charge in [0.1, 0.15) is 6.61 Å². The fraction of sp³-hybridized carbons (Fsp3) is 0.375. The van der Waals surface area contributed by atoms with Gasteiger partial charge >= 0.3 is 6.11 Å². The highest BCUT2D eigenvalue weighted by molar-refractivity contribution is 5.01. The van der Waals surface area contributed by atoms with Crippen LogP contribution in [0.5, 0.6) is 0 Å². The monoisotopic (exact) mass is 189 g/mol. The van der Waals surface area contributed by atoms with Crippen molar-refractivity contribution in [1.29, 1.82) is 0 Å². The molecule has 0 amide bonds. The third kappa shape index (κ3) is 3.43. The first kappa shape index (κ1) is 10.0. The van der Waals surface area contributed by atoms with Gasteiger partial charge in [0.2, 0.25) is 0 Å². The highest BCUT2D eigenvalue weighted by Crippen LogP contribution is 2.15. The minimum absolute atomic E-state index is 0.311. The summed E-state index contributed by atoms with van der Waals surface area (Å²) < 4.78 is 28.8. The molecular formula is C8H9F2NO2. The largest absolute Gasteiger partial charge is 0.387 e. The smallest absolute Gasteiger partial charge is 0.379 e. The van der Waals surface area contributed by atoms with Gasteiger partial charge in [0.25, 0.3) is 0 Å². The number of pyridine rings is 1. The van der Waals surface area contributed by atoms with Crippen LogP contribution in [0.3, 0.4) is 0 Å². The number of aromatic nitrogens is 1. The Kier molecular flexibility index (Phi) is 3.27. The zero-order chi connectivity index (χ0) is 9.73. The van der Waals surface area contributed by atoms with Crippen LogP contribution in [0, 0.1) is 0 Å². The molecule has 1 N–H and O–H groups in total. The van der Waals surface area contributed by atoms with Gasteiger partial charge in [-0.25, -0.2) is 0 Å². The first-order chi connectivity index (χ1) is 6.14. The van der Waals surface area contributed by atoms with Gasteiger partial charge in [0.05, 0.1) is 12.3 Å². The normalized spacial score (nSPS) is 11.6. The second kappa shape index (κ2) is 4.25. The number of hydrogen-bond acceptors (Lipinski definition) is 3. The number of alkyl halides is 2. The molecule has 13 heavy (non-hydrogen) atoms. The van der Waals surface area contributed by atoms with Gasteiger partial charge in [-0.15, -0.1) is 0 Å². The Hall–Kier alpha value is -1.07. The standard InChI is InChI=1S/C8H9F2NO2/c9-8(10,6-12)13-5-7-3-1-2-4-11-7/h1-4,12H,5-6H2. The average molecular weight is 189 g/mol. The Morgan fingerprint density at radius 1 is 1.46 bits per heavy atom. The fourth-order valence-corrected chi connectivity index (χ4v) is 0.709. The lowest BCUT2D eigenvalue weighted by atomic mass is 10.4. The molecule has 0 aromatic carbocycles. The van der Waals surface area contributed by atoms with Gasteiger partial charge < -0.3 is 9.84 Å². The van der Waals surface area contributed by atoms with Crippen molar-refractivity contribution in [3.63, 3.8) is 0 Å². The van der Waals surface area contributed by atoms with Crippen LogP contribution in [-0.2, 0) is 11.3 Å². The number of halogens is 2. The summed E-state index contributed by atoms with van der Waals surface area (Å²) in [6, 6.07) is 4.91. The Morgan fingerprint density at radius 3 is 2.77 bits per heavy atom. The van der Waals surface area contributed by atoms with Crippen LogP contribution in [-0.4, -0.2) is 22.8 Å². The van der Waals surface area contributed by atoms with Gasteiger partial charge in [-0.1, -0.05) is 6.07 Å². The van der Waals surface area contributed by atoms with Gasteiger partial charge in [-0.2, -0.15) is 8.78 Å². The molecule has 5 heteroatoms. The lowest BCUT2D eigenvalue weighted by molar-refractivity contribution is -0.263. The van der Waals surface area contributed by atoms with E-state index in [2.05, 4.69) is 9.72 Å². The molecule has 72 valence electrons. The third-order valence-electron chi connectivity index (χ3n) is 1.34. The lowest BCUT2D eigenvalue weighted by Gasteiger charge is -2.12. The maximum absolute atomic E-state index is 12.3. The second-order valence-electron chi connectivity index (χ2n) is 2.41. The molecular weight excluding hydrogens is 180 g/mol. The first-order valence-electron chi connectivity index (χ1n) is 3.66. The molecule has 3 nitrogen and oxygen atoms in total. The van der Waals surface area contributed by atoms with E-state index < -0.39 is 12.7 Å². The molecule has 0 aliphatic rings. The van der Waals surface area contributed by atoms with Crippen LogP contribution in [0.25, 0.3) is 0 Å². The minimum atomic E-state index is -3.49. The van der Waals surface area contributed by atoms with Crippen molar-refractivity contribution in [1.82, 2.24) is 4.98 Å². The molecule has 1 heterocycles. The summed E-state index contributed by atoms with van der Waals surface area (Å²) in [4.78, 5) is 3.78. The summed E-state index contributed by atoms with van der Waals surface area (Å²) in [5.74, 6) is 0. The molecule has 0 bridgehead atoms. The number of aliphatic hydroxyl groups is 1. The van der Waals surface area contributed by atoms with E-state index in [4.69, 9.17) is 5.11 Å². The Bertz CT molecular complexity index is 254. The molecule has 0 radical (unpaired) electrons. The molecule has 0 aliphatic carbocycles. The zero-order valence-corrected chi connectivity index (χ0v) is 6.78. The quantitative estimate of drug-likeness (QED) is 0.773. The van der Waals surface area contributed by atoms with Crippen LogP contribution in [0.2, 0.25) is 0 Å². The lowest BCUT2D eigenvalue weighted by Crippen LogP contribution is -2.25. The van der Waals surface area contributed by atoms with E-state index in [9.17, 15) is 8.78 Å². The predicted molar refractivity (Wildman–Crippen MR) is 41.1 cm³/mol. The maximum Gasteiger partial charge on any atom is 0.379 e. The molecule has 1 aromatic heterocycles. The van der Waals surface area contributed by atoms with Gasteiger partial charge in [0.15, 0.2) is 0 Å². The molecule has 0 fully saturated rings. The van der Waals surface area contributed by atoms with Crippen molar-refractivity contribution in [2.75, 3.05) is 6.61 Å². The fourth-order valence-electron chi connectivity index (χ4n) is 0.709. The van der Waals surface area contributed by atoms with Crippen LogP contribution in [0.15, 0.2) is 24.4 Å². The average Bonchev–Trinajstić information content (AvgIpc) is 2.17. The van der Waals surface area contributed by atoms with E-state index in [0.29, 0.717) is 5.69 Å². The molecule has 0 aliphatic heterocycles. The number of rotatable bonds is 4. The maximum atomic E-state index is 12.3. The molecule has 1 rings (SSSR count). The summed E-state index contributed by atoms with van der Waals surface area (Å²) >= 11 is 0. The molecule has 0 saturated carbocycles. The first-order valence-corrected chi connectivity index (χ1v) is 3.66. The Morgan fingerprint density at radius 2 is 2.23 bits per heavy atom. The van der Waals surface area contributed by atoms with E-state index in [1.807, 2.05) is 0 Å². The predicted octanol–water partition coefficient (Wildman–Crippen LogP) is 1.18. The highest BCUT2D eigenvalue weighted by atomic mass is 19.3. The zero-order valence-electron chi connectivity index (χ0n) is 6.78. The van der Waals surface area contributed by atoms with Crippen LogP contribution in [0.1, 0.15) is 5.69 Å². The van der Waals surface area contributed by atoms with Crippen LogP contribution in [0.4, 0.5) is 8.78 Å². The van der Waals surface area contributed by atoms with Crippen LogP contribution < -0.4 is 0 Å². The van der Waals surface area contributed by atoms with Crippen molar-refractivity contribution in [2.24, 2.45) is 0 Å². The SMILES string of the molecule is OCC(F)(F)OCc1ccccn1. The van der Waals surface area contributed by atoms with E-state index in [1.165, 1.54) is 6.20 Å². The van der Waals surface area contributed by atoms with E-state index >= 15 is 0 Å². The number of hydrogen-bond donors (Lipinski definition) is 1. The second-order valence-corrected chi connectivity index (χ2v) is 2.41. The number of ether oxygens (including phenoxy) is 1. The Labute approximate surface area is 74.0 Å². The topological polar surface area (TPSA) is 42.4 Å². The summed E-state index contributed by atoms with van der Waals surface area (Å²) in [7, 11) is 0. The van der Waals surface area contributed by atoms with Crippen molar-refractivity contribution >= 4 is 0 Å². The summed E-state index contributed by atoms with van der Waals surface area (Å²) in [6.45, 7) is -1.63. The molecule has 0 atom stereocenters. The van der Waals surface area contributed by atoms with Crippen LogP contribution >= 0.6 is 0 Å². The van der Waals surface area contributed by atoms with Crippen molar-refractivity contribution in [3.05, 3.63) is 30.1 Å². The third-order valence-corrected chi connectivity index (χ3v) is 1.34. The van der Waals surface area contributed by atoms with Gasteiger partial charge in [-0.05, 0) is 12.1 Å².